The summed E-state index contributed by atoms with van der Waals surface area (Å²) < 4.78 is 5.44. The van der Waals surface area contributed by atoms with Gasteiger partial charge in [0.2, 0.25) is 5.96 Å². The van der Waals surface area contributed by atoms with Crippen molar-refractivity contribution in [3.63, 3.8) is 0 Å². The summed E-state index contributed by atoms with van der Waals surface area (Å²) in [5, 5.41) is 17.2. The smallest absolute Gasteiger partial charge is 0.229 e. The normalized spacial score (nSPS) is 18.5. The van der Waals surface area contributed by atoms with E-state index in [1.807, 2.05) is 35.2 Å². The molecule has 2 aliphatic rings. The van der Waals surface area contributed by atoms with Crippen LogP contribution in [0.4, 0.5) is 5.69 Å². The van der Waals surface area contributed by atoms with E-state index in [4.69, 9.17) is 17.0 Å². The number of nitrogens with one attached hydrogen (secondary N) is 2. The summed E-state index contributed by atoms with van der Waals surface area (Å²) in [6.45, 7) is 6.91. The minimum Gasteiger partial charge on any atom is -0.378 e. The summed E-state index contributed by atoms with van der Waals surface area (Å²) in [5.41, 5.74) is 4.23. The lowest BCUT2D eigenvalue weighted by atomic mass is 10.2. The minimum absolute atomic E-state index is 0.331. The van der Waals surface area contributed by atoms with Crippen LogP contribution in [-0.2, 0) is 4.74 Å². The molecule has 0 spiro atoms. The number of anilines is 1. The highest BCUT2D eigenvalue weighted by molar-refractivity contribution is 7.80. The van der Waals surface area contributed by atoms with Gasteiger partial charge in [-0.3, -0.25) is 10.3 Å². The van der Waals surface area contributed by atoms with E-state index in [9.17, 15) is 5.26 Å². The number of hydrogen-bond acceptors (Lipinski definition) is 7. The van der Waals surface area contributed by atoms with Gasteiger partial charge in [0.25, 0.3) is 0 Å². The van der Waals surface area contributed by atoms with Crippen molar-refractivity contribution >= 4 is 28.9 Å². The number of benzene rings is 1. The third kappa shape index (κ3) is 3.69. The lowest BCUT2D eigenvalue weighted by Crippen LogP contribution is -2.47. The molecule has 1 saturated heterocycles. The van der Waals surface area contributed by atoms with Gasteiger partial charge >= 0.3 is 0 Å². The van der Waals surface area contributed by atoms with Crippen LogP contribution in [-0.4, -0.2) is 48.7 Å². The number of nitriles is 1. The molecule has 0 saturated carbocycles. The molecule has 0 amide bonds. The zero-order chi connectivity index (χ0) is 18.4. The molecular formula is C18H20N6OS. The van der Waals surface area contributed by atoms with Gasteiger partial charge in [-0.15, -0.1) is 11.7 Å². The highest BCUT2D eigenvalue weighted by Crippen LogP contribution is 2.26. The van der Waals surface area contributed by atoms with Crippen LogP contribution in [0.2, 0.25) is 0 Å². The molecule has 0 aliphatic carbocycles. The Balaban J connectivity index is 1.99. The number of ether oxygens (including phenoxy) is 1. The van der Waals surface area contributed by atoms with Gasteiger partial charge in [-0.1, -0.05) is 36.5 Å². The molecule has 3 rings (SSSR count). The lowest BCUT2D eigenvalue weighted by Gasteiger charge is -2.33. The number of rotatable bonds is 4. The monoisotopic (exact) mass is 368 g/mol. The quantitative estimate of drug-likeness (QED) is 0.361. The third-order valence-corrected chi connectivity index (χ3v) is 4.32. The first-order valence-electron chi connectivity index (χ1n) is 8.31. The molecule has 0 unspecified atom stereocenters. The number of morpholine rings is 1. The van der Waals surface area contributed by atoms with Crippen molar-refractivity contribution < 1.29 is 4.74 Å². The van der Waals surface area contributed by atoms with Gasteiger partial charge in [0.05, 0.1) is 18.9 Å². The van der Waals surface area contributed by atoms with Crippen LogP contribution in [0.3, 0.4) is 0 Å². The summed E-state index contributed by atoms with van der Waals surface area (Å²) in [4.78, 5) is 4.41. The maximum Gasteiger partial charge on any atom is 0.229 e. The zero-order valence-electron chi connectivity index (χ0n) is 14.3. The van der Waals surface area contributed by atoms with E-state index in [1.165, 1.54) is 0 Å². The van der Waals surface area contributed by atoms with Crippen LogP contribution in [0.15, 0.2) is 59.5 Å². The molecule has 1 aromatic rings. The van der Waals surface area contributed by atoms with Crippen LogP contribution in [0.5, 0.6) is 0 Å². The van der Waals surface area contributed by atoms with Gasteiger partial charge in [-0.2, -0.15) is 5.26 Å². The van der Waals surface area contributed by atoms with Crippen molar-refractivity contribution in [3.05, 3.63) is 54.4 Å². The van der Waals surface area contributed by atoms with E-state index in [0.29, 0.717) is 36.1 Å². The molecule has 0 aromatic heterocycles. The fourth-order valence-corrected chi connectivity index (χ4v) is 2.96. The van der Waals surface area contributed by atoms with Gasteiger partial charge in [-0.05, 0) is 12.1 Å². The molecule has 8 heteroatoms. The summed E-state index contributed by atoms with van der Waals surface area (Å²) in [7, 11) is 0. The molecule has 0 atom stereocenters. The molecule has 0 radical (unpaired) electrons. The number of para-hydroxylation sites is 1. The zero-order valence-corrected chi connectivity index (χ0v) is 15.1. The number of guanidine groups is 1. The largest absolute Gasteiger partial charge is 0.378 e. The van der Waals surface area contributed by atoms with E-state index in [2.05, 4.69) is 33.4 Å². The van der Waals surface area contributed by atoms with Crippen LogP contribution in [0.1, 0.15) is 0 Å². The molecule has 26 heavy (non-hydrogen) atoms. The molecule has 2 heterocycles. The van der Waals surface area contributed by atoms with Gasteiger partial charge < -0.3 is 15.0 Å². The predicted molar refractivity (Wildman–Crippen MR) is 105 cm³/mol. The highest BCUT2D eigenvalue weighted by atomic mass is 32.1. The maximum atomic E-state index is 9.71. The van der Waals surface area contributed by atoms with Crippen molar-refractivity contribution in [1.82, 2.24) is 15.6 Å². The fraction of sp³-hybridized carbons (Fsp3) is 0.278. The van der Waals surface area contributed by atoms with E-state index >= 15 is 0 Å². The number of thiocarbonyl (C=S) groups is 1. The van der Waals surface area contributed by atoms with Crippen molar-refractivity contribution in [3.8, 4) is 6.07 Å². The molecular weight excluding hydrogens is 348 g/mol. The average Bonchev–Trinajstić information content (AvgIpc) is 3.13. The Morgan fingerprint density at radius 1 is 1.38 bits per heavy atom. The predicted octanol–water partition coefficient (Wildman–Crippen LogP) is 1.54. The first-order valence-corrected chi connectivity index (χ1v) is 8.72. The summed E-state index contributed by atoms with van der Waals surface area (Å²) in [6, 6.07) is 12.0. The standard InChI is InChI=1S/C18H20N6OS/c1-2-8-20-17(26)15(13-19)16-21-22-18(23-9-11-25-12-10-23)24(16)14-6-4-3-5-7-14/h2-7,21H,1,8-12H2,(H,20,26)/b16-15+. The molecule has 2 N–H and O–H groups in total. The van der Waals surface area contributed by atoms with Crippen LogP contribution >= 0.6 is 12.2 Å². The molecule has 1 fully saturated rings. The third-order valence-electron chi connectivity index (χ3n) is 3.98. The number of hydrazone groups is 1. The Morgan fingerprint density at radius 2 is 2.12 bits per heavy atom. The van der Waals surface area contributed by atoms with Crippen molar-refractivity contribution in [2.75, 3.05) is 37.7 Å². The van der Waals surface area contributed by atoms with E-state index in [0.717, 1.165) is 24.7 Å². The van der Waals surface area contributed by atoms with E-state index in [1.54, 1.807) is 6.08 Å². The van der Waals surface area contributed by atoms with Gasteiger partial charge in [0, 0.05) is 19.6 Å². The Kier molecular flexibility index (Phi) is 5.84. The van der Waals surface area contributed by atoms with Crippen molar-refractivity contribution in [2.45, 2.75) is 0 Å². The number of hydrogen-bond donors (Lipinski definition) is 2. The first-order chi connectivity index (χ1) is 12.8. The second-order valence-corrected chi connectivity index (χ2v) is 6.04. The lowest BCUT2D eigenvalue weighted by molar-refractivity contribution is 0.0676. The van der Waals surface area contributed by atoms with Crippen molar-refractivity contribution in [1.29, 1.82) is 5.26 Å². The average molecular weight is 368 g/mol. The molecule has 1 aromatic carbocycles. The van der Waals surface area contributed by atoms with Crippen molar-refractivity contribution in [2.24, 2.45) is 5.10 Å². The maximum absolute atomic E-state index is 9.71. The molecule has 2 aliphatic heterocycles. The summed E-state index contributed by atoms with van der Waals surface area (Å²) in [5.74, 6) is 1.27. The second kappa shape index (κ2) is 8.47. The Hall–Kier alpha value is -2.89. The van der Waals surface area contributed by atoms with E-state index < -0.39 is 0 Å². The summed E-state index contributed by atoms with van der Waals surface area (Å²) >= 11 is 5.38. The Bertz CT molecular complexity index is 777. The molecule has 7 nitrogen and oxygen atoms in total. The summed E-state index contributed by atoms with van der Waals surface area (Å²) in [6.07, 6.45) is 1.69. The van der Waals surface area contributed by atoms with Gasteiger partial charge in [0.1, 0.15) is 16.6 Å². The minimum atomic E-state index is 0.331. The van der Waals surface area contributed by atoms with Crippen LogP contribution in [0.25, 0.3) is 0 Å². The molecule has 0 bridgehead atoms. The van der Waals surface area contributed by atoms with Crippen LogP contribution < -0.4 is 15.6 Å². The van der Waals surface area contributed by atoms with Gasteiger partial charge in [-0.25, -0.2) is 0 Å². The molecule has 134 valence electrons. The second-order valence-electron chi connectivity index (χ2n) is 5.63. The topological polar surface area (TPSA) is 75.9 Å². The van der Waals surface area contributed by atoms with Crippen LogP contribution in [0, 0.1) is 11.3 Å². The fourth-order valence-electron chi connectivity index (χ4n) is 2.73. The first kappa shape index (κ1) is 17.9. The number of nitrogens with zero attached hydrogens (tertiary/aromatic N) is 4. The SMILES string of the molecule is C=CCNC(=S)/C(C#N)=C1\NN=C(N2CCOCC2)N1c1ccccc1. The Morgan fingerprint density at radius 3 is 2.77 bits per heavy atom. The van der Waals surface area contributed by atoms with Gasteiger partial charge in [0.15, 0.2) is 5.82 Å². The highest BCUT2D eigenvalue weighted by Gasteiger charge is 2.32. The Labute approximate surface area is 158 Å². The van der Waals surface area contributed by atoms with E-state index in [-0.39, 0.29) is 0 Å².